The molecular formula is C14H15BrN4O2S. The number of ether oxygens (including phenoxy) is 1. The Kier molecular flexibility index (Phi) is 5.12. The summed E-state index contributed by atoms with van der Waals surface area (Å²) in [4.78, 5) is 13.3. The maximum atomic E-state index is 11.0. The van der Waals surface area contributed by atoms with Crippen LogP contribution in [-0.2, 0) is 9.53 Å². The number of nitrogens with one attached hydrogen (secondary N) is 1. The summed E-state index contributed by atoms with van der Waals surface area (Å²) in [6.45, 7) is 3.35. The zero-order valence-electron chi connectivity index (χ0n) is 11.8. The Hall–Kier alpha value is -1.38. The van der Waals surface area contributed by atoms with E-state index >= 15 is 0 Å². The summed E-state index contributed by atoms with van der Waals surface area (Å²) in [5, 5.41) is 11.2. The van der Waals surface area contributed by atoms with Gasteiger partial charge in [-0.2, -0.15) is 5.10 Å². The number of thioether (sulfide) groups is 1. The summed E-state index contributed by atoms with van der Waals surface area (Å²) in [5.41, 5.74) is 2.10. The number of rotatable bonds is 3. The Morgan fingerprint density at radius 1 is 1.36 bits per heavy atom. The fourth-order valence-corrected chi connectivity index (χ4v) is 3.26. The summed E-state index contributed by atoms with van der Waals surface area (Å²) >= 11 is 4.92. The second-order valence-corrected chi connectivity index (χ2v) is 6.61. The summed E-state index contributed by atoms with van der Waals surface area (Å²) < 4.78 is 6.33. The third-order valence-corrected chi connectivity index (χ3v) is 4.84. The van der Waals surface area contributed by atoms with E-state index in [9.17, 15) is 4.79 Å². The molecule has 0 aromatic heterocycles. The minimum atomic E-state index is -0.0324. The molecule has 116 valence electrons. The molecule has 8 heteroatoms. The lowest BCUT2D eigenvalue weighted by atomic mass is 10.2. The van der Waals surface area contributed by atoms with Gasteiger partial charge in [-0.25, -0.2) is 0 Å². The van der Waals surface area contributed by atoms with Gasteiger partial charge in [0.15, 0.2) is 5.17 Å². The molecule has 0 spiro atoms. The molecule has 0 unspecified atom stereocenters. The van der Waals surface area contributed by atoms with Crippen LogP contribution in [0.25, 0.3) is 0 Å². The molecule has 6 nitrogen and oxygen atoms in total. The molecule has 2 fully saturated rings. The first kappa shape index (κ1) is 15.5. The van der Waals surface area contributed by atoms with E-state index in [0.29, 0.717) is 10.9 Å². The van der Waals surface area contributed by atoms with E-state index in [4.69, 9.17) is 4.74 Å². The summed E-state index contributed by atoms with van der Waals surface area (Å²) in [6.07, 6.45) is 1.67. The van der Waals surface area contributed by atoms with E-state index in [-0.39, 0.29) is 5.91 Å². The van der Waals surface area contributed by atoms with Crippen molar-refractivity contribution in [2.75, 3.05) is 37.0 Å². The van der Waals surface area contributed by atoms with Crippen molar-refractivity contribution in [2.45, 2.75) is 0 Å². The highest BCUT2D eigenvalue weighted by Crippen LogP contribution is 2.24. The maximum Gasteiger partial charge on any atom is 0.236 e. The zero-order valence-corrected chi connectivity index (χ0v) is 14.2. The molecule has 1 amide bonds. The fourth-order valence-electron chi connectivity index (χ4n) is 2.16. The SMILES string of the molecule is O=C1CSC(=NN=Cc2ccc(N3CCOCC3)cc2Br)N1. The number of hydrogen-bond donors (Lipinski definition) is 1. The molecule has 22 heavy (non-hydrogen) atoms. The molecule has 1 aromatic rings. The molecule has 1 N–H and O–H groups in total. The minimum Gasteiger partial charge on any atom is -0.378 e. The maximum absolute atomic E-state index is 11.0. The topological polar surface area (TPSA) is 66.3 Å². The molecule has 0 aliphatic carbocycles. The van der Waals surface area contributed by atoms with Crippen LogP contribution in [0.1, 0.15) is 5.56 Å². The highest BCUT2D eigenvalue weighted by atomic mass is 79.9. The van der Waals surface area contributed by atoms with Gasteiger partial charge < -0.3 is 15.0 Å². The van der Waals surface area contributed by atoms with Crippen LogP contribution in [0.15, 0.2) is 32.9 Å². The monoisotopic (exact) mass is 382 g/mol. The van der Waals surface area contributed by atoms with Crippen LogP contribution in [0.4, 0.5) is 5.69 Å². The lowest BCUT2D eigenvalue weighted by molar-refractivity contribution is -0.116. The highest BCUT2D eigenvalue weighted by Gasteiger charge is 2.16. The minimum absolute atomic E-state index is 0.0324. The Morgan fingerprint density at radius 2 is 2.18 bits per heavy atom. The standard InChI is InChI=1S/C14H15BrN4O2S/c15-12-7-11(19-3-5-21-6-4-19)2-1-10(12)8-16-18-14-17-13(20)9-22-14/h1-2,7-8H,3-6,9H2,(H,17,18,20). The Balaban J connectivity index is 1.68. The van der Waals surface area contributed by atoms with Crippen molar-refractivity contribution in [1.82, 2.24) is 5.32 Å². The van der Waals surface area contributed by atoms with Gasteiger partial charge in [-0.1, -0.05) is 33.8 Å². The number of carbonyl (C=O) groups is 1. The Labute approximate surface area is 141 Å². The van der Waals surface area contributed by atoms with E-state index in [0.717, 1.165) is 42.0 Å². The highest BCUT2D eigenvalue weighted by molar-refractivity contribution is 9.10. The molecule has 1 aromatic carbocycles. The molecule has 3 rings (SSSR count). The van der Waals surface area contributed by atoms with E-state index < -0.39 is 0 Å². The van der Waals surface area contributed by atoms with Gasteiger partial charge >= 0.3 is 0 Å². The average molecular weight is 383 g/mol. The number of benzene rings is 1. The van der Waals surface area contributed by atoms with Gasteiger partial charge in [0.2, 0.25) is 5.91 Å². The number of halogens is 1. The van der Waals surface area contributed by atoms with Gasteiger partial charge in [0.1, 0.15) is 0 Å². The Bertz CT molecular complexity index is 629. The number of morpholine rings is 1. The fraction of sp³-hybridized carbons (Fsp3) is 0.357. The van der Waals surface area contributed by atoms with Gasteiger partial charge in [-0.15, -0.1) is 5.10 Å². The first-order valence-electron chi connectivity index (χ1n) is 6.88. The van der Waals surface area contributed by atoms with Crippen molar-refractivity contribution in [3.8, 4) is 0 Å². The van der Waals surface area contributed by atoms with Crippen molar-refractivity contribution >= 4 is 50.7 Å². The number of hydrogen-bond acceptors (Lipinski definition) is 6. The van der Waals surface area contributed by atoms with Crippen LogP contribution < -0.4 is 10.2 Å². The summed E-state index contributed by atoms with van der Waals surface area (Å²) in [7, 11) is 0. The van der Waals surface area contributed by atoms with Crippen molar-refractivity contribution < 1.29 is 9.53 Å². The number of anilines is 1. The first-order valence-corrected chi connectivity index (χ1v) is 8.66. The molecule has 0 radical (unpaired) electrons. The van der Waals surface area contributed by atoms with Crippen molar-refractivity contribution in [1.29, 1.82) is 0 Å². The van der Waals surface area contributed by atoms with Crippen molar-refractivity contribution in [2.24, 2.45) is 10.2 Å². The van der Waals surface area contributed by atoms with E-state index in [2.05, 4.69) is 48.5 Å². The van der Waals surface area contributed by atoms with Crippen molar-refractivity contribution in [3.63, 3.8) is 0 Å². The van der Waals surface area contributed by atoms with E-state index in [1.165, 1.54) is 11.8 Å². The molecule has 2 aliphatic rings. The van der Waals surface area contributed by atoms with Crippen molar-refractivity contribution in [3.05, 3.63) is 28.2 Å². The number of amides is 1. The van der Waals surface area contributed by atoms with Gasteiger partial charge in [-0.3, -0.25) is 4.79 Å². The van der Waals surface area contributed by atoms with Crippen LogP contribution in [-0.4, -0.2) is 49.3 Å². The normalized spacial score (nSPS) is 20.9. The number of carbonyl (C=O) groups excluding carboxylic acids is 1. The number of nitrogens with zero attached hydrogens (tertiary/aromatic N) is 3. The number of amidine groups is 1. The largest absolute Gasteiger partial charge is 0.378 e. The van der Waals surface area contributed by atoms with Crippen LogP contribution in [0.3, 0.4) is 0 Å². The second kappa shape index (κ2) is 7.26. The molecule has 2 heterocycles. The zero-order chi connectivity index (χ0) is 15.4. The molecule has 2 aliphatic heterocycles. The van der Waals surface area contributed by atoms with Gasteiger partial charge in [0.25, 0.3) is 0 Å². The van der Waals surface area contributed by atoms with Crippen LogP contribution in [0.5, 0.6) is 0 Å². The van der Waals surface area contributed by atoms with Crippen LogP contribution in [0.2, 0.25) is 0 Å². The van der Waals surface area contributed by atoms with E-state index in [1.54, 1.807) is 6.21 Å². The van der Waals surface area contributed by atoms with Gasteiger partial charge in [0.05, 0.1) is 25.2 Å². The lowest BCUT2D eigenvalue weighted by Crippen LogP contribution is -2.36. The first-order chi connectivity index (χ1) is 10.7. The third kappa shape index (κ3) is 3.88. The molecular weight excluding hydrogens is 368 g/mol. The molecule has 0 atom stereocenters. The lowest BCUT2D eigenvalue weighted by Gasteiger charge is -2.29. The van der Waals surface area contributed by atoms with E-state index in [1.807, 2.05) is 6.07 Å². The smallest absolute Gasteiger partial charge is 0.236 e. The summed E-state index contributed by atoms with van der Waals surface area (Å²) in [6, 6.07) is 6.14. The predicted molar refractivity (Wildman–Crippen MR) is 92.8 cm³/mol. The van der Waals surface area contributed by atoms with Gasteiger partial charge in [0, 0.05) is 28.8 Å². The average Bonchev–Trinajstić information content (AvgIpc) is 2.95. The van der Waals surface area contributed by atoms with Gasteiger partial charge in [-0.05, 0) is 12.1 Å². The quantitative estimate of drug-likeness (QED) is 0.639. The Morgan fingerprint density at radius 3 is 2.86 bits per heavy atom. The summed E-state index contributed by atoms with van der Waals surface area (Å²) in [5.74, 6) is 0.377. The molecule has 2 saturated heterocycles. The third-order valence-electron chi connectivity index (χ3n) is 3.29. The van der Waals surface area contributed by atoms with Crippen LogP contribution >= 0.6 is 27.7 Å². The van der Waals surface area contributed by atoms with Crippen LogP contribution in [0, 0.1) is 0 Å². The molecule has 0 bridgehead atoms. The second-order valence-electron chi connectivity index (χ2n) is 4.79. The predicted octanol–water partition coefficient (Wildman–Crippen LogP) is 1.84. The molecule has 0 saturated carbocycles.